The van der Waals surface area contributed by atoms with Gasteiger partial charge in [-0.3, -0.25) is 9.88 Å². The second-order valence-electron chi connectivity index (χ2n) is 7.31. The largest absolute Gasteiger partial charge is 0.478 e. The Hall–Kier alpha value is -2.73. The molecule has 2 aromatic rings. The minimum Gasteiger partial charge on any atom is -0.478 e. The van der Waals surface area contributed by atoms with Gasteiger partial charge in [-0.15, -0.1) is 0 Å². The van der Waals surface area contributed by atoms with Crippen molar-refractivity contribution >= 4 is 17.9 Å². The molecule has 1 saturated heterocycles. The van der Waals surface area contributed by atoms with Gasteiger partial charge >= 0.3 is 5.97 Å². The Kier molecular flexibility index (Phi) is 5.16. The lowest BCUT2D eigenvalue weighted by Gasteiger charge is -2.37. The number of anilines is 1. The van der Waals surface area contributed by atoms with E-state index in [2.05, 4.69) is 44.5 Å². The van der Waals surface area contributed by atoms with Crippen LogP contribution in [-0.4, -0.2) is 51.1 Å². The van der Waals surface area contributed by atoms with Gasteiger partial charge in [0.1, 0.15) is 5.82 Å². The number of piperidine rings is 1. The number of carboxylic acid groups (broad SMARTS) is 1. The normalized spacial score (nSPS) is 20.7. The summed E-state index contributed by atoms with van der Waals surface area (Å²) in [5.41, 5.74) is 3.53. The van der Waals surface area contributed by atoms with Gasteiger partial charge in [-0.25, -0.2) is 9.78 Å². The van der Waals surface area contributed by atoms with Gasteiger partial charge < -0.3 is 10.4 Å². The number of nitrogens with zero attached hydrogens (tertiary/aromatic N) is 3. The summed E-state index contributed by atoms with van der Waals surface area (Å²) in [5, 5.41) is 12.2. The number of nitrogens with one attached hydrogen (secondary N) is 1. The van der Waals surface area contributed by atoms with Gasteiger partial charge in [0.2, 0.25) is 0 Å². The molecule has 0 unspecified atom stereocenters. The molecule has 0 spiro atoms. The van der Waals surface area contributed by atoms with Crippen molar-refractivity contribution in [1.82, 2.24) is 14.9 Å². The van der Waals surface area contributed by atoms with E-state index in [4.69, 9.17) is 5.11 Å². The zero-order chi connectivity index (χ0) is 18.6. The first-order valence-electron chi connectivity index (χ1n) is 9.48. The molecule has 2 heterocycles. The quantitative estimate of drug-likeness (QED) is 0.794. The summed E-state index contributed by atoms with van der Waals surface area (Å²) < 4.78 is 0. The molecule has 1 atom stereocenters. The van der Waals surface area contributed by atoms with Crippen molar-refractivity contribution < 1.29 is 9.90 Å². The Bertz CT molecular complexity index is 809. The number of hydrogen-bond donors (Lipinski definition) is 2. The van der Waals surface area contributed by atoms with Crippen LogP contribution in [0.15, 0.2) is 42.7 Å². The monoisotopic (exact) mass is 364 g/mol. The van der Waals surface area contributed by atoms with E-state index in [0.29, 0.717) is 17.8 Å². The molecule has 0 radical (unpaired) electrons. The van der Waals surface area contributed by atoms with Gasteiger partial charge in [0.25, 0.3) is 0 Å². The van der Waals surface area contributed by atoms with Crippen LogP contribution in [0.4, 0.5) is 5.82 Å². The fraction of sp³-hybridized carbons (Fsp3) is 0.381. The summed E-state index contributed by atoms with van der Waals surface area (Å²) in [6.45, 7) is 2.17. The molecule has 1 aromatic heterocycles. The summed E-state index contributed by atoms with van der Waals surface area (Å²) in [6.07, 6.45) is 10.4. The third-order valence-corrected chi connectivity index (χ3v) is 5.42. The maximum absolute atomic E-state index is 10.6. The predicted molar refractivity (Wildman–Crippen MR) is 105 cm³/mol. The van der Waals surface area contributed by atoms with Gasteiger partial charge in [-0.2, -0.15) is 0 Å². The van der Waals surface area contributed by atoms with Crippen molar-refractivity contribution in [3.63, 3.8) is 0 Å². The molecule has 1 aliphatic carbocycles. The van der Waals surface area contributed by atoms with Gasteiger partial charge in [0.15, 0.2) is 0 Å². The van der Waals surface area contributed by atoms with Crippen LogP contribution in [0.25, 0.3) is 6.08 Å². The minimum absolute atomic E-state index is 0.358. The van der Waals surface area contributed by atoms with E-state index in [9.17, 15) is 4.79 Å². The van der Waals surface area contributed by atoms with Gasteiger partial charge in [-0.1, -0.05) is 24.3 Å². The summed E-state index contributed by atoms with van der Waals surface area (Å²) in [7, 11) is 0. The second kappa shape index (κ2) is 7.88. The molecule has 6 heteroatoms. The van der Waals surface area contributed by atoms with E-state index in [0.717, 1.165) is 44.2 Å². The highest BCUT2D eigenvalue weighted by Crippen LogP contribution is 2.27. The number of hydrogen-bond acceptors (Lipinski definition) is 5. The number of rotatable bonds is 5. The summed E-state index contributed by atoms with van der Waals surface area (Å²) in [6, 6.07) is 9.74. The molecule has 4 rings (SSSR count). The molecule has 0 amide bonds. The Morgan fingerprint density at radius 1 is 1.19 bits per heavy atom. The summed E-state index contributed by atoms with van der Waals surface area (Å²) in [5.74, 6) is -0.251. The predicted octanol–water partition coefficient (Wildman–Crippen LogP) is 2.62. The van der Waals surface area contributed by atoms with Crippen molar-refractivity contribution in [1.29, 1.82) is 0 Å². The number of fused-ring (bicyclic) bond motifs is 1. The number of aliphatic carboxylic acids is 1. The van der Waals surface area contributed by atoms with Crippen LogP contribution in [0.1, 0.15) is 29.7 Å². The van der Waals surface area contributed by atoms with E-state index in [1.807, 2.05) is 0 Å². The van der Waals surface area contributed by atoms with Crippen LogP contribution in [0.3, 0.4) is 0 Å². The molecule has 1 aliphatic heterocycles. The summed E-state index contributed by atoms with van der Waals surface area (Å²) >= 11 is 0. The molecular weight excluding hydrogens is 340 g/mol. The van der Waals surface area contributed by atoms with E-state index in [1.54, 1.807) is 12.4 Å². The third kappa shape index (κ3) is 4.34. The van der Waals surface area contributed by atoms with Gasteiger partial charge in [-0.05, 0) is 49.4 Å². The number of benzene rings is 1. The van der Waals surface area contributed by atoms with E-state index in [1.165, 1.54) is 23.6 Å². The molecule has 2 aliphatic rings. The maximum atomic E-state index is 10.6. The lowest BCUT2D eigenvalue weighted by Crippen LogP contribution is -2.47. The van der Waals surface area contributed by atoms with Crippen LogP contribution in [0, 0.1) is 0 Å². The summed E-state index contributed by atoms with van der Waals surface area (Å²) in [4.78, 5) is 21.8. The van der Waals surface area contributed by atoms with Gasteiger partial charge in [0.05, 0.1) is 18.1 Å². The van der Waals surface area contributed by atoms with Crippen molar-refractivity contribution in [3.8, 4) is 0 Å². The van der Waals surface area contributed by atoms with Crippen LogP contribution >= 0.6 is 0 Å². The van der Waals surface area contributed by atoms with Crippen molar-refractivity contribution in [3.05, 3.63) is 59.6 Å². The zero-order valence-corrected chi connectivity index (χ0v) is 15.2. The Morgan fingerprint density at radius 3 is 2.63 bits per heavy atom. The molecule has 1 aromatic carbocycles. The van der Waals surface area contributed by atoms with Crippen LogP contribution < -0.4 is 5.32 Å². The van der Waals surface area contributed by atoms with E-state index in [-0.39, 0.29) is 0 Å². The Balaban J connectivity index is 1.34. The van der Waals surface area contributed by atoms with Gasteiger partial charge in [0, 0.05) is 24.7 Å². The fourth-order valence-corrected chi connectivity index (χ4v) is 4.11. The van der Waals surface area contributed by atoms with Crippen LogP contribution in [0.2, 0.25) is 0 Å². The topological polar surface area (TPSA) is 78.3 Å². The highest BCUT2D eigenvalue weighted by Gasteiger charge is 2.30. The van der Waals surface area contributed by atoms with Crippen molar-refractivity contribution in [2.75, 3.05) is 18.4 Å². The lowest BCUT2D eigenvalue weighted by atomic mass is 10.0. The Labute approximate surface area is 159 Å². The average Bonchev–Trinajstić information content (AvgIpc) is 3.12. The van der Waals surface area contributed by atoms with Crippen LogP contribution in [0.5, 0.6) is 0 Å². The average molecular weight is 364 g/mol. The molecular formula is C21H24N4O2. The maximum Gasteiger partial charge on any atom is 0.328 e. The number of carboxylic acids is 1. The SMILES string of the molecule is O=C(O)/C=C/c1cnc(N[C@@H]2CCCN(C3Cc4ccccc4C3)C2)cn1. The molecule has 2 N–H and O–H groups in total. The molecule has 1 fully saturated rings. The highest BCUT2D eigenvalue weighted by atomic mass is 16.4. The standard InChI is InChI=1S/C21H24N4O2/c26-21(27)8-7-17-12-23-20(13-22-17)24-18-6-3-9-25(14-18)19-10-15-4-1-2-5-16(15)11-19/h1-2,4-5,7-8,12-13,18-19H,3,6,9-11,14H2,(H,23,24)(H,26,27)/b8-7+/t18-/m1/s1. The molecule has 27 heavy (non-hydrogen) atoms. The number of aromatic nitrogens is 2. The van der Waals surface area contributed by atoms with Crippen molar-refractivity contribution in [2.45, 2.75) is 37.8 Å². The first kappa shape index (κ1) is 17.7. The smallest absolute Gasteiger partial charge is 0.328 e. The zero-order valence-electron chi connectivity index (χ0n) is 15.2. The fourth-order valence-electron chi connectivity index (χ4n) is 4.11. The molecule has 6 nitrogen and oxygen atoms in total. The first-order valence-corrected chi connectivity index (χ1v) is 9.48. The highest BCUT2D eigenvalue weighted by molar-refractivity contribution is 5.84. The third-order valence-electron chi connectivity index (χ3n) is 5.42. The molecule has 0 bridgehead atoms. The van der Waals surface area contributed by atoms with Crippen LogP contribution in [-0.2, 0) is 17.6 Å². The lowest BCUT2D eigenvalue weighted by molar-refractivity contribution is -0.131. The molecule has 140 valence electrons. The van der Waals surface area contributed by atoms with E-state index >= 15 is 0 Å². The van der Waals surface area contributed by atoms with E-state index < -0.39 is 5.97 Å². The second-order valence-corrected chi connectivity index (χ2v) is 7.31. The Morgan fingerprint density at radius 2 is 1.96 bits per heavy atom. The number of carbonyl (C=O) groups is 1. The van der Waals surface area contributed by atoms with Crippen molar-refractivity contribution in [2.24, 2.45) is 0 Å². The molecule has 0 saturated carbocycles. The minimum atomic E-state index is -0.990. The number of likely N-dealkylation sites (tertiary alicyclic amines) is 1. The first-order chi connectivity index (χ1) is 13.2.